The van der Waals surface area contributed by atoms with Gasteiger partial charge in [0, 0.05) is 0 Å². The van der Waals surface area contributed by atoms with E-state index in [1.165, 1.54) is 5.57 Å². The Hall–Kier alpha value is 0.01000. The maximum Gasteiger partial charge on any atom is 0.322 e. The van der Waals surface area contributed by atoms with Crippen molar-refractivity contribution in [3.8, 4) is 0 Å². The monoisotopic (exact) mass is 250 g/mol. The topological polar surface area (TPSA) is 49.7 Å². The fourth-order valence-corrected chi connectivity index (χ4v) is 1.42. The van der Waals surface area contributed by atoms with Crippen molar-refractivity contribution in [3.05, 3.63) is 23.3 Å². The highest BCUT2D eigenvalue weighted by atomic mass is 32.5. The third-order valence-electron chi connectivity index (χ3n) is 1.77. The van der Waals surface area contributed by atoms with E-state index in [2.05, 4.69) is 36.3 Å². The van der Waals surface area contributed by atoms with Crippen molar-refractivity contribution in [1.29, 1.82) is 0 Å². The molecule has 0 unspecified atom stereocenters. The highest BCUT2D eigenvalue weighted by Gasteiger charge is 2.05. The molecule has 0 aliphatic rings. The minimum atomic E-state index is -3.49. The molecule has 0 spiro atoms. The summed E-state index contributed by atoms with van der Waals surface area (Å²) < 4.78 is 4.67. The van der Waals surface area contributed by atoms with E-state index in [4.69, 9.17) is 9.79 Å². The molecule has 0 fully saturated rings. The highest BCUT2D eigenvalue weighted by molar-refractivity contribution is 8.06. The number of allylic oxidation sites excluding steroid dienone is 3. The second-order valence-corrected chi connectivity index (χ2v) is 6.32. The van der Waals surface area contributed by atoms with Gasteiger partial charge in [0.2, 0.25) is 0 Å². The molecule has 15 heavy (non-hydrogen) atoms. The third kappa shape index (κ3) is 11.9. The molecule has 0 aliphatic carbocycles. The second kappa shape index (κ2) is 7.31. The molecule has 0 aromatic rings. The summed E-state index contributed by atoms with van der Waals surface area (Å²) in [6.07, 6.45) is 5.94. The van der Waals surface area contributed by atoms with Crippen LogP contribution >= 0.6 is 6.72 Å². The summed E-state index contributed by atoms with van der Waals surface area (Å²) in [4.78, 5) is 17.6. The van der Waals surface area contributed by atoms with Crippen molar-refractivity contribution in [2.24, 2.45) is 0 Å². The van der Waals surface area contributed by atoms with Gasteiger partial charge in [-0.05, 0) is 45.4 Å². The van der Waals surface area contributed by atoms with E-state index in [9.17, 15) is 0 Å². The van der Waals surface area contributed by atoms with Gasteiger partial charge in [-0.2, -0.15) is 0 Å². The minimum absolute atomic E-state index is 0.172. The van der Waals surface area contributed by atoms with E-state index in [0.29, 0.717) is 0 Å². The van der Waals surface area contributed by atoms with Gasteiger partial charge in [0.05, 0.1) is 6.61 Å². The van der Waals surface area contributed by atoms with Crippen LogP contribution < -0.4 is 0 Å². The van der Waals surface area contributed by atoms with Crippen LogP contribution in [0.1, 0.15) is 33.6 Å². The first-order valence-electron chi connectivity index (χ1n) is 4.80. The summed E-state index contributed by atoms with van der Waals surface area (Å²) in [6.45, 7) is 2.80. The van der Waals surface area contributed by atoms with E-state index in [-0.39, 0.29) is 6.61 Å². The van der Waals surface area contributed by atoms with Crippen LogP contribution in [0.3, 0.4) is 0 Å². The number of hydrogen-bond donors (Lipinski definition) is 2. The van der Waals surface area contributed by atoms with Gasteiger partial charge in [-0.3, -0.25) is 0 Å². The van der Waals surface area contributed by atoms with Crippen molar-refractivity contribution in [2.75, 3.05) is 6.61 Å². The fourth-order valence-electron chi connectivity index (χ4n) is 0.967. The first kappa shape index (κ1) is 15.0. The molecule has 0 saturated carbocycles. The molecular weight excluding hydrogens is 231 g/mol. The van der Waals surface area contributed by atoms with Gasteiger partial charge in [0.1, 0.15) is 0 Å². The van der Waals surface area contributed by atoms with Gasteiger partial charge in [-0.25, -0.2) is 0 Å². The van der Waals surface area contributed by atoms with Gasteiger partial charge in [0.25, 0.3) is 0 Å². The Morgan fingerprint density at radius 3 is 2.33 bits per heavy atom. The lowest BCUT2D eigenvalue weighted by Gasteiger charge is -2.06. The molecule has 0 rings (SSSR count). The standard InChI is InChI=1S/C10H19O3PS/c1-9(2)5-4-6-10(3)7-8-13-14(11,12)15/h5,7H,4,6,8H2,1-3H3,(H2,11,12,15)/b10-7+. The zero-order valence-corrected chi connectivity index (χ0v) is 11.1. The van der Waals surface area contributed by atoms with Crippen molar-refractivity contribution < 1.29 is 14.3 Å². The molecule has 0 aliphatic heterocycles. The van der Waals surface area contributed by atoms with E-state index in [1.807, 2.05) is 13.0 Å². The molecule has 0 aromatic carbocycles. The molecule has 0 bridgehead atoms. The van der Waals surface area contributed by atoms with Gasteiger partial charge in [0.15, 0.2) is 0 Å². The predicted octanol–water partition coefficient (Wildman–Crippen LogP) is 2.90. The Bertz CT molecular complexity index is 287. The van der Waals surface area contributed by atoms with Crippen LogP contribution in [0.2, 0.25) is 0 Å². The summed E-state index contributed by atoms with van der Waals surface area (Å²) in [7, 11) is 0. The summed E-state index contributed by atoms with van der Waals surface area (Å²) in [5.74, 6) is 0. The van der Waals surface area contributed by atoms with Gasteiger partial charge in [-0.15, -0.1) is 0 Å². The molecule has 88 valence electrons. The molecule has 3 nitrogen and oxygen atoms in total. The maximum absolute atomic E-state index is 8.80. The van der Waals surface area contributed by atoms with Crippen molar-refractivity contribution >= 4 is 18.5 Å². The summed E-state index contributed by atoms with van der Waals surface area (Å²) in [5.41, 5.74) is 2.47. The average molecular weight is 250 g/mol. The summed E-state index contributed by atoms with van der Waals surface area (Å²) in [5, 5.41) is 0. The van der Waals surface area contributed by atoms with E-state index in [0.717, 1.165) is 18.4 Å². The van der Waals surface area contributed by atoms with Crippen molar-refractivity contribution in [2.45, 2.75) is 33.6 Å². The molecule has 5 heteroatoms. The van der Waals surface area contributed by atoms with Gasteiger partial charge in [-0.1, -0.05) is 23.3 Å². The SMILES string of the molecule is CC(C)=CCC/C(C)=C/COP(O)(O)=S. The van der Waals surface area contributed by atoms with E-state index >= 15 is 0 Å². The Labute approximate surface area is 96.7 Å². The molecule has 0 atom stereocenters. The van der Waals surface area contributed by atoms with Crippen LogP contribution in [0.4, 0.5) is 0 Å². The van der Waals surface area contributed by atoms with Gasteiger partial charge >= 0.3 is 6.72 Å². The summed E-state index contributed by atoms with van der Waals surface area (Å²) in [6, 6.07) is 0. The zero-order chi connectivity index (χ0) is 11.9. The van der Waals surface area contributed by atoms with E-state index in [1.54, 1.807) is 0 Å². The first-order valence-corrected chi connectivity index (χ1v) is 7.43. The molecule has 2 N–H and O–H groups in total. The second-order valence-electron chi connectivity index (χ2n) is 3.66. The van der Waals surface area contributed by atoms with Crippen molar-refractivity contribution in [1.82, 2.24) is 0 Å². The highest BCUT2D eigenvalue weighted by Crippen LogP contribution is 2.36. The zero-order valence-electron chi connectivity index (χ0n) is 9.43. The Morgan fingerprint density at radius 2 is 1.87 bits per heavy atom. The van der Waals surface area contributed by atoms with Gasteiger partial charge < -0.3 is 14.3 Å². The van der Waals surface area contributed by atoms with Crippen LogP contribution in [-0.4, -0.2) is 16.4 Å². The summed E-state index contributed by atoms with van der Waals surface area (Å²) >= 11 is 4.32. The lowest BCUT2D eigenvalue weighted by molar-refractivity contribution is 0.278. The number of rotatable bonds is 6. The predicted molar refractivity (Wildman–Crippen MR) is 67.1 cm³/mol. The first-order chi connectivity index (χ1) is 6.81. The minimum Gasteiger partial charge on any atom is -0.325 e. The van der Waals surface area contributed by atoms with Crippen LogP contribution in [-0.2, 0) is 16.3 Å². The lowest BCUT2D eigenvalue weighted by atomic mass is 10.1. The smallest absolute Gasteiger partial charge is 0.322 e. The van der Waals surface area contributed by atoms with E-state index < -0.39 is 6.72 Å². The molecule has 0 radical (unpaired) electrons. The van der Waals surface area contributed by atoms with Crippen LogP contribution in [0, 0.1) is 0 Å². The number of hydrogen-bond acceptors (Lipinski definition) is 2. The van der Waals surface area contributed by atoms with Crippen LogP contribution in [0.5, 0.6) is 0 Å². The molecule has 0 amide bonds. The fraction of sp³-hybridized carbons (Fsp3) is 0.600. The van der Waals surface area contributed by atoms with Crippen LogP contribution in [0.15, 0.2) is 23.3 Å². The molecule has 0 saturated heterocycles. The molecular formula is C10H19O3PS. The van der Waals surface area contributed by atoms with Crippen LogP contribution in [0.25, 0.3) is 0 Å². The normalized spacial score (nSPS) is 12.7. The van der Waals surface area contributed by atoms with Crippen molar-refractivity contribution in [3.63, 3.8) is 0 Å². The Kier molecular flexibility index (Phi) is 7.32. The third-order valence-corrected chi connectivity index (χ3v) is 2.57. The maximum atomic E-state index is 8.80. The molecule has 0 aromatic heterocycles. The Balaban J connectivity index is 3.80. The Morgan fingerprint density at radius 1 is 1.27 bits per heavy atom. The largest absolute Gasteiger partial charge is 0.325 e. The molecule has 0 heterocycles. The average Bonchev–Trinajstić information content (AvgIpc) is 2.00. The lowest BCUT2D eigenvalue weighted by Crippen LogP contribution is -1.89. The quantitative estimate of drug-likeness (QED) is 0.562.